The lowest BCUT2D eigenvalue weighted by atomic mass is 10.2. The molecule has 0 saturated carbocycles. The van der Waals surface area contributed by atoms with Crippen molar-refractivity contribution in [1.82, 2.24) is 14.9 Å². The number of rotatable bonds is 4. The van der Waals surface area contributed by atoms with Crippen molar-refractivity contribution in [3.05, 3.63) is 47.8 Å². The largest absolute Gasteiger partial charge is 0.465 e. The molecule has 0 aliphatic carbocycles. The molecule has 8 nitrogen and oxygen atoms in total. The van der Waals surface area contributed by atoms with E-state index < -0.39 is 5.97 Å². The monoisotopic (exact) mass is 355 g/mol. The first-order chi connectivity index (χ1) is 12.6. The van der Waals surface area contributed by atoms with Crippen molar-refractivity contribution in [2.24, 2.45) is 0 Å². The zero-order valence-corrected chi connectivity index (χ0v) is 14.8. The highest BCUT2D eigenvalue weighted by Crippen LogP contribution is 2.14. The second kappa shape index (κ2) is 7.92. The van der Waals surface area contributed by atoms with Crippen LogP contribution in [0.25, 0.3) is 0 Å². The predicted octanol–water partition coefficient (Wildman–Crippen LogP) is 1.27. The van der Waals surface area contributed by atoms with Gasteiger partial charge in [0, 0.05) is 44.3 Å². The minimum Gasteiger partial charge on any atom is -0.465 e. The molecule has 1 aliphatic heterocycles. The van der Waals surface area contributed by atoms with Gasteiger partial charge in [0.2, 0.25) is 5.95 Å². The average Bonchev–Trinajstić information content (AvgIpc) is 2.68. The third-order valence-corrected chi connectivity index (χ3v) is 4.23. The molecule has 2 aromatic rings. The molecule has 0 bridgehead atoms. The van der Waals surface area contributed by atoms with Crippen molar-refractivity contribution in [3.8, 4) is 0 Å². The third-order valence-electron chi connectivity index (χ3n) is 4.23. The van der Waals surface area contributed by atoms with Crippen molar-refractivity contribution in [1.29, 1.82) is 0 Å². The van der Waals surface area contributed by atoms with Gasteiger partial charge in [-0.1, -0.05) is 6.07 Å². The second-order valence-electron chi connectivity index (χ2n) is 6.09. The number of hydrogen-bond donors (Lipinski definition) is 1. The number of likely N-dealkylation sites (N-methyl/N-ethyl adjacent to an activating group) is 1. The van der Waals surface area contributed by atoms with E-state index in [0.29, 0.717) is 22.8 Å². The van der Waals surface area contributed by atoms with Crippen LogP contribution in [0.15, 0.2) is 36.7 Å². The summed E-state index contributed by atoms with van der Waals surface area (Å²) in [5, 5.41) is 2.74. The summed E-state index contributed by atoms with van der Waals surface area (Å²) in [7, 11) is 3.40. The van der Waals surface area contributed by atoms with Crippen LogP contribution in [-0.2, 0) is 4.74 Å². The van der Waals surface area contributed by atoms with E-state index in [4.69, 9.17) is 0 Å². The standard InChI is InChI=1S/C18H21N5O3/c1-22-6-8-23(9-7-22)18-19-11-14(12-20-18)16(24)21-15-5-3-4-13(10-15)17(25)26-2/h3-5,10-12H,6-9H2,1-2H3,(H,21,24). The van der Waals surface area contributed by atoms with Gasteiger partial charge in [-0.15, -0.1) is 0 Å². The number of carbonyl (C=O) groups excluding carboxylic acids is 2. The van der Waals surface area contributed by atoms with Gasteiger partial charge in [0.15, 0.2) is 0 Å². The van der Waals surface area contributed by atoms with Gasteiger partial charge < -0.3 is 19.9 Å². The maximum atomic E-state index is 12.4. The highest BCUT2D eigenvalue weighted by atomic mass is 16.5. The Hall–Kier alpha value is -3.00. The zero-order chi connectivity index (χ0) is 18.5. The summed E-state index contributed by atoms with van der Waals surface area (Å²) in [5.74, 6) is -0.166. The summed E-state index contributed by atoms with van der Waals surface area (Å²) in [6, 6.07) is 6.55. The van der Waals surface area contributed by atoms with E-state index in [1.807, 2.05) is 0 Å². The maximum absolute atomic E-state index is 12.4. The van der Waals surface area contributed by atoms with E-state index in [1.54, 1.807) is 24.3 Å². The Balaban J connectivity index is 1.66. The van der Waals surface area contributed by atoms with Crippen molar-refractivity contribution in [3.63, 3.8) is 0 Å². The first kappa shape index (κ1) is 17.8. The first-order valence-corrected chi connectivity index (χ1v) is 8.32. The third kappa shape index (κ3) is 4.15. The molecule has 3 rings (SSSR count). The highest BCUT2D eigenvalue weighted by molar-refractivity contribution is 6.04. The van der Waals surface area contributed by atoms with E-state index in [0.717, 1.165) is 26.2 Å². The number of aromatic nitrogens is 2. The molecule has 1 aromatic carbocycles. The van der Waals surface area contributed by atoms with Crippen LogP contribution in [0.2, 0.25) is 0 Å². The number of anilines is 2. The van der Waals surface area contributed by atoms with E-state index >= 15 is 0 Å². The minimum atomic E-state index is -0.457. The fraction of sp³-hybridized carbons (Fsp3) is 0.333. The van der Waals surface area contributed by atoms with Crippen LogP contribution in [0.5, 0.6) is 0 Å². The Labute approximate surface area is 151 Å². The molecule has 0 unspecified atom stereocenters. The molecule has 1 amide bonds. The van der Waals surface area contributed by atoms with Crippen LogP contribution in [0.1, 0.15) is 20.7 Å². The van der Waals surface area contributed by atoms with Gasteiger partial charge in [-0.3, -0.25) is 4.79 Å². The first-order valence-electron chi connectivity index (χ1n) is 8.32. The van der Waals surface area contributed by atoms with Crippen LogP contribution in [0.3, 0.4) is 0 Å². The van der Waals surface area contributed by atoms with E-state index in [-0.39, 0.29) is 5.91 Å². The van der Waals surface area contributed by atoms with Gasteiger partial charge in [-0.05, 0) is 25.2 Å². The number of nitrogens with one attached hydrogen (secondary N) is 1. The number of esters is 1. The predicted molar refractivity (Wildman–Crippen MR) is 97.5 cm³/mol. The summed E-state index contributed by atoms with van der Waals surface area (Å²) < 4.78 is 4.68. The lowest BCUT2D eigenvalue weighted by molar-refractivity contribution is 0.0600. The molecule has 0 radical (unpaired) electrons. The van der Waals surface area contributed by atoms with E-state index in [2.05, 4.69) is 36.9 Å². The fourth-order valence-electron chi connectivity index (χ4n) is 2.65. The van der Waals surface area contributed by atoms with Gasteiger partial charge in [-0.2, -0.15) is 0 Å². The number of hydrogen-bond acceptors (Lipinski definition) is 7. The van der Waals surface area contributed by atoms with Crippen LogP contribution >= 0.6 is 0 Å². The zero-order valence-electron chi connectivity index (χ0n) is 14.8. The molecular formula is C18H21N5O3. The molecule has 2 heterocycles. The van der Waals surface area contributed by atoms with Gasteiger partial charge >= 0.3 is 5.97 Å². The molecule has 1 aromatic heterocycles. The summed E-state index contributed by atoms with van der Waals surface area (Å²) in [4.78, 5) is 36.9. The molecule has 1 saturated heterocycles. The Morgan fingerprint density at radius 1 is 1.08 bits per heavy atom. The van der Waals surface area contributed by atoms with Gasteiger partial charge in [-0.25, -0.2) is 14.8 Å². The number of carbonyl (C=O) groups is 2. The molecule has 1 fully saturated rings. The summed E-state index contributed by atoms with van der Waals surface area (Å²) in [6.07, 6.45) is 3.03. The number of amides is 1. The Morgan fingerprint density at radius 2 is 1.77 bits per heavy atom. The number of piperazine rings is 1. The van der Waals surface area contributed by atoms with Crippen molar-refractivity contribution >= 4 is 23.5 Å². The van der Waals surface area contributed by atoms with Crippen LogP contribution in [0, 0.1) is 0 Å². The Kier molecular flexibility index (Phi) is 5.43. The van der Waals surface area contributed by atoms with Gasteiger partial charge in [0.25, 0.3) is 5.91 Å². The normalized spacial score (nSPS) is 14.8. The Bertz CT molecular complexity index is 786. The minimum absolute atomic E-state index is 0.336. The second-order valence-corrected chi connectivity index (χ2v) is 6.09. The molecule has 8 heteroatoms. The molecule has 1 aliphatic rings. The molecule has 26 heavy (non-hydrogen) atoms. The summed E-state index contributed by atoms with van der Waals surface area (Å²) in [5.41, 5.74) is 1.22. The average molecular weight is 355 g/mol. The molecule has 0 spiro atoms. The highest BCUT2D eigenvalue weighted by Gasteiger charge is 2.17. The molecular weight excluding hydrogens is 334 g/mol. The van der Waals surface area contributed by atoms with E-state index in [9.17, 15) is 9.59 Å². The number of methoxy groups -OCH3 is 1. The SMILES string of the molecule is COC(=O)c1cccc(NC(=O)c2cnc(N3CCN(C)CC3)nc2)c1. The van der Waals surface area contributed by atoms with Gasteiger partial charge in [0.1, 0.15) is 0 Å². The van der Waals surface area contributed by atoms with Crippen LogP contribution in [0.4, 0.5) is 11.6 Å². The molecule has 136 valence electrons. The smallest absolute Gasteiger partial charge is 0.337 e. The van der Waals surface area contributed by atoms with E-state index in [1.165, 1.54) is 19.5 Å². The number of ether oxygens (including phenoxy) is 1. The number of benzene rings is 1. The number of nitrogens with zero attached hydrogens (tertiary/aromatic N) is 4. The van der Waals surface area contributed by atoms with Crippen molar-refractivity contribution in [2.45, 2.75) is 0 Å². The molecule has 1 N–H and O–H groups in total. The fourth-order valence-corrected chi connectivity index (χ4v) is 2.65. The van der Waals surface area contributed by atoms with Crippen molar-refractivity contribution < 1.29 is 14.3 Å². The molecule has 0 atom stereocenters. The van der Waals surface area contributed by atoms with Gasteiger partial charge in [0.05, 0.1) is 18.2 Å². The topological polar surface area (TPSA) is 87.7 Å². The quantitative estimate of drug-likeness (QED) is 0.826. The van der Waals surface area contributed by atoms with Crippen LogP contribution in [-0.4, -0.2) is 67.1 Å². The van der Waals surface area contributed by atoms with Crippen molar-refractivity contribution in [2.75, 3.05) is 50.6 Å². The van der Waals surface area contributed by atoms with Crippen LogP contribution < -0.4 is 10.2 Å². The lowest BCUT2D eigenvalue weighted by Crippen LogP contribution is -2.45. The lowest BCUT2D eigenvalue weighted by Gasteiger charge is -2.32. The maximum Gasteiger partial charge on any atom is 0.337 e. The summed E-state index contributed by atoms with van der Waals surface area (Å²) >= 11 is 0. The Morgan fingerprint density at radius 3 is 2.42 bits per heavy atom. The summed E-state index contributed by atoms with van der Waals surface area (Å²) in [6.45, 7) is 3.65.